The van der Waals surface area contributed by atoms with E-state index in [0.717, 1.165) is 0 Å². The first-order chi connectivity index (χ1) is 7.47. The third-order valence-corrected chi connectivity index (χ3v) is 1.90. The van der Waals surface area contributed by atoms with E-state index in [1.54, 1.807) is 18.7 Å². The predicted molar refractivity (Wildman–Crippen MR) is 51.7 cm³/mol. The highest BCUT2D eigenvalue weighted by Gasteiger charge is 2.28. The van der Waals surface area contributed by atoms with E-state index in [4.69, 9.17) is 0 Å². The molecule has 0 bridgehead atoms. The molecule has 4 nitrogen and oxygen atoms in total. The summed E-state index contributed by atoms with van der Waals surface area (Å²) in [7, 11) is 0. The molecule has 16 heavy (non-hydrogen) atoms. The van der Waals surface area contributed by atoms with Crippen LogP contribution in [-0.4, -0.2) is 35.1 Å². The third-order valence-electron chi connectivity index (χ3n) is 1.90. The van der Waals surface area contributed by atoms with Gasteiger partial charge in [0.2, 0.25) is 0 Å². The minimum absolute atomic E-state index is 0.0611. The van der Waals surface area contributed by atoms with Crippen molar-refractivity contribution in [2.45, 2.75) is 25.9 Å². The standard InChI is InChI=1S/C9H14F3N3O/c1-8(6-15-4-2-13-7-15)14-3-5-16-9(10,11)12/h2,4,7-8,14H,3,5-6H2,1H3. The Hall–Kier alpha value is -1.08. The average Bonchev–Trinajstić information content (AvgIpc) is 2.63. The van der Waals surface area contributed by atoms with Gasteiger partial charge in [0, 0.05) is 31.5 Å². The molecule has 0 aromatic carbocycles. The summed E-state index contributed by atoms with van der Waals surface area (Å²) in [5.74, 6) is 0. The second kappa shape index (κ2) is 5.86. The maximum atomic E-state index is 11.6. The smallest absolute Gasteiger partial charge is 0.336 e. The molecule has 1 atom stereocenters. The molecule has 0 saturated carbocycles. The summed E-state index contributed by atoms with van der Waals surface area (Å²) in [6.07, 6.45) is 0.559. The van der Waals surface area contributed by atoms with Gasteiger partial charge in [-0.05, 0) is 6.92 Å². The average molecular weight is 237 g/mol. The molecule has 1 unspecified atom stereocenters. The van der Waals surface area contributed by atoms with Gasteiger partial charge in [-0.1, -0.05) is 0 Å². The van der Waals surface area contributed by atoms with E-state index < -0.39 is 6.36 Å². The Labute approximate surface area is 91.4 Å². The van der Waals surface area contributed by atoms with Crippen molar-refractivity contribution < 1.29 is 17.9 Å². The summed E-state index contributed by atoms with van der Waals surface area (Å²) in [4.78, 5) is 3.87. The molecule has 92 valence electrons. The van der Waals surface area contributed by atoms with Crippen LogP contribution in [0.5, 0.6) is 0 Å². The van der Waals surface area contributed by atoms with E-state index >= 15 is 0 Å². The van der Waals surface area contributed by atoms with Crippen molar-refractivity contribution in [3.63, 3.8) is 0 Å². The number of nitrogens with zero attached hydrogens (tertiary/aromatic N) is 2. The van der Waals surface area contributed by atoms with Crippen molar-refractivity contribution >= 4 is 0 Å². The van der Waals surface area contributed by atoms with Gasteiger partial charge in [-0.15, -0.1) is 13.2 Å². The SMILES string of the molecule is CC(Cn1ccnc1)NCCOC(F)(F)F. The fourth-order valence-electron chi connectivity index (χ4n) is 1.25. The Bertz CT molecular complexity index is 287. The fourth-order valence-corrected chi connectivity index (χ4v) is 1.25. The van der Waals surface area contributed by atoms with Crippen LogP contribution in [0.3, 0.4) is 0 Å². The lowest BCUT2D eigenvalue weighted by Gasteiger charge is -2.14. The third kappa shape index (κ3) is 5.72. The molecule has 1 aromatic heterocycles. The Morgan fingerprint density at radius 1 is 1.50 bits per heavy atom. The van der Waals surface area contributed by atoms with Crippen molar-refractivity contribution in [1.29, 1.82) is 0 Å². The lowest BCUT2D eigenvalue weighted by molar-refractivity contribution is -0.323. The largest absolute Gasteiger partial charge is 0.522 e. The van der Waals surface area contributed by atoms with Gasteiger partial charge in [0.25, 0.3) is 0 Å². The summed E-state index contributed by atoms with van der Waals surface area (Å²) in [5.41, 5.74) is 0. The van der Waals surface area contributed by atoms with Gasteiger partial charge in [0.1, 0.15) is 0 Å². The van der Waals surface area contributed by atoms with Gasteiger partial charge in [0.15, 0.2) is 0 Å². The minimum atomic E-state index is -4.55. The molecule has 0 spiro atoms. The van der Waals surface area contributed by atoms with Crippen LogP contribution in [0.1, 0.15) is 6.92 Å². The molecule has 1 aromatic rings. The number of ether oxygens (including phenoxy) is 1. The molecule has 0 radical (unpaired) electrons. The lowest BCUT2D eigenvalue weighted by Crippen LogP contribution is -2.33. The quantitative estimate of drug-likeness (QED) is 0.760. The van der Waals surface area contributed by atoms with Crippen molar-refractivity contribution in [1.82, 2.24) is 14.9 Å². The number of hydrogen-bond acceptors (Lipinski definition) is 3. The van der Waals surface area contributed by atoms with E-state index in [-0.39, 0.29) is 19.2 Å². The van der Waals surface area contributed by atoms with Gasteiger partial charge in [-0.2, -0.15) is 0 Å². The number of alkyl halides is 3. The van der Waals surface area contributed by atoms with Gasteiger partial charge >= 0.3 is 6.36 Å². The molecule has 0 aliphatic rings. The van der Waals surface area contributed by atoms with E-state index in [0.29, 0.717) is 6.54 Å². The van der Waals surface area contributed by atoms with Crippen molar-refractivity contribution in [3.05, 3.63) is 18.7 Å². The van der Waals surface area contributed by atoms with Gasteiger partial charge in [0.05, 0.1) is 12.9 Å². The highest BCUT2D eigenvalue weighted by atomic mass is 19.4. The van der Waals surface area contributed by atoms with Crippen LogP contribution in [0.2, 0.25) is 0 Å². The zero-order valence-corrected chi connectivity index (χ0v) is 8.87. The Balaban J connectivity index is 2.09. The van der Waals surface area contributed by atoms with Crippen LogP contribution < -0.4 is 5.32 Å². The predicted octanol–water partition coefficient (Wildman–Crippen LogP) is 1.40. The van der Waals surface area contributed by atoms with Crippen molar-refractivity contribution in [2.75, 3.05) is 13.2 Å². The first kappa shape index (κ1) is 13.0. The van der Waals surface area contributed by atoms with Crippen LogP contribution in [0.4, 0.5) is 13.2 Å². The number of rotatable bonds is 6. The van der Waals surface area contributed by atoms with Gasteiger partial charge < -0.3 is 9.88 Å². The van der Waals surface area contributed by atoms with E-state index in [9.17, 15) is 13.2 Å². The van der Waals surface area contributed by atoms with Crippen LogP contribution in [0, 0.1) is 0 Å². The molecular formula is C9H14F3N3O. The molecular weight excluding hydrogens is 223 g/mol. The minimum Gasteiger partial charge on any atom is -0.336 e. The fraction of sp³-hybridized carbons (Fsp3) is 0.667. The normalized spacial score (nSPS) is 14.0. The highest BCUT2D eigenvalue weighted by Crippen LogP contribution is 2.15. The number of halogens is 3. The number of imidazole rings is 1. The monoisotopic (exact) mass is 237 g/mol. The lowest BCUT2D eigenvalue weighted by atomic mass is 10.3. The molecule has 0 fully saturated rings. The van der Waals surface area contributed by atoms with Crippen LogP contribution >= 0.6 is 0 Å². The van der Waals surface area contributed by atoms with Crippen molar-refractivity contribution in [3.8, 4) is 0 Å². The summed E-state index contributed by atoms with van der Waals surface area (Å²) in [5, 5.41) is 2.92. The molecule has 1 heterocycles. The molecule has 0 amide bonds. The zero-order chi connectivity index (χ0) is 12.0. The zero-order valence-electron chi connectivity index (χ0n) is 8.87. The second-order valence-electron chi connectivity index (χ2n) is 3.41. The maximum absolute atomic E-state index is 11.6. The van der Waals surface area contributed by atoms with E-state index in [1.165, 1.54) is 0 Å². The molecule has 1 rings (SSSR count). The Morgan fingerprint density at radius 3 is 2.81 bits per heavy atom. The van der Waals surface area contributed by atoms with Crippen LogP contribution in [-0.2, 0) is 11.3 Å². The summed E-state index contributed by atoms with van der Waals surface area (Å²) in [6, 6.07) is 0.0611. The first-order valence-electron chi connectivity index (χ1n) is 4.87. The Morgan fingerprint density at radius 2 is 2.25 bits per heavy atom. The van der Waals surface area contributed by atoms with Crippen LogP contribution in [0.25, 0.3) is 0 Å². The van der Waals surface area contributed by atoms with E-state index in [2.05, 4.69) is 15.0 Å². The molecule has 7 heteroatoms. The van der Waals surface area contributed by atoms with Crippen molar-refractivity contribution in [2.24, 2.45) is 0 Å². The molecule has 1 N–H and O–H groups in total. The first-order valence-corrected chi connectivity index (χ1v) is 4.87. The molecule has 0 aliphatic heterocycles. The summed E-state index contributed by atoms with van der Waals surface area (Å²) < 4.78 is 40.4. The number of hydrogen-bond donors (Lipinski definition) is 1. The molecule has 0 aliphatic carbocycles. The second-order valence-corrected chi connectivity index (χ2v) is 3.41. The van der Waals surface area contributed by atoms with Gasteiger partial charge in [-0.25, -0.2) is 4.98 Å². The molecule has 0 saturated heterocycles. The topological polar surface area (TPSA) is 39.1 Å². The van der Waals surface area contributed by atoms with Gasteiger partial charge in [-0.3, -0.25) is 4.74 Å². The maximum Gasteiger partial charge on any atom is 0.522 e. The highest BCUT2D eigenvalue weighted by molar-refractivity contribution is 4.76. The number of nitrogens with one attached hydrogen (secondary N) is 1. The summed E-state index contributed by atoms with van der Waals surface area (Å²) >= 11 is 0. The van der Waals surface area contributed by atoms with Crippen LogP contribution in [0.15, 0.2) is 18.7 Å². The number of aromatic nitrogens is 2. The Kier molecular flexibility index (Phi) is 4.75. The summed E-state index contributed by atoms with van der Waals surface area (Å²) in [6.45, 7) is 2.33. The van der Waals surface area contributed by atoms with E-state index in [1.807, 2.05) is 11.5 Å².